The summed E-state index contributed by atoms with van der Waals surface area (Å²) in [4.78, 5) is 24.6. The van der Waals surface area contributed by atoms with Gasteiger partial charge in [0.1, 0.15) is 0 Å². The van der Waals surface area contributed by atoms with E-state index in [4.69, 9.17) is 4.42 Å². The number of nitrogens with zero attached hydrogens (tertiary/aromatic N) is 2. The summed E-state index contributed by atoms with van der Waals surface area (Å²) in [5.41, 5.74) is 2.82. The predicted molar refractivity (Wildman–Crippen MR) is 101 cm³/mol. The van der Waals surface area contributed by atoms with Gasteiger partial charge in [-0.3, -0.25) is 10.1 Å². The number of carbonyl (C=O) groups excluding carboxylic acids is 2. The SMILES string of the molecule is Cc1ccc(NC(=O)NC(=O)CSc2nnc(-c3cccs3)o2)cc1C. The maximum atomic E-state index is 11.9. The molecule has 2 N–H and O–H groups in total. The highest BCUT2D eigenvalue weighted by molar-refractivity contribution is 7.99. The van der Waals surface area contributed by atoms with E-state index in [9.17, 15) is 9.59 Å². The second-order valence-electron chi connectivity index (χ2n) is 5.44. The number of hydrogen-bond acceptors (Lipinski definition) is 7. The van der Waals surface area contributed by atoms with Crippen molar-refractivity contribution >= 4 is 40.7 Å². The lowest BCUT2D eigenvalue weighted by Crippen LogP contribution is -2.35. The second-order valence-corrected chi connectivity index (χ2v) is 7.31. The smallest absolute Gasteiger partial charge is 0.325 e. The van der Waals surface area contributed by atoms with Crippen molar-refractivity contribution in [3.05, 3.63) is 46.8 Å². The lowest BCUT2D eigenvalue weighted by atomic mass is 10.1. The molecule has 3 aromatic rings. The van der Waals surface area contributed by atoms with Gasteiger partial charge in [-0.1, -0.05) is 23.9 Å². The minimum absolute atomic E-state index is 0.00752. The van der Waals surface area contributed by atoms with Crippen LogP contribution in [0.25, 0.3) is 10.8 Å². The molecule has 0 aliphatic heterocycles. The summed E-state index contributed by atoms with van der Waals surface area (Å²) < 4.78 is 5.47. The maximum absolute atomic E-state index is 11.9. The Morgan fingerprint density at radius 1 is 1.19 bits per heavy atom. The number of hydrogen-bond donors (Lipinski definition) is 2. The molecule has 2 aromatic heterocycles. The Labute approximate surface area is 158 Å². The third-order valence-corrected chi connectivity index (χ3v) is 5.16. The van der Waals surface area contributed by atoms with Gasteiger partial charge in [-0.2, -0.15) is 0 Å². The Bertz CT molecular complexity index is 922. The number of carbonyl (C=O) groups is 2. The average molecular weight is 388 g/mol. The maximum Gasteiger partial charge on any atom is 0.325 e. The molecule has 7 nitrogen and oxygen atoms in total. The molecule has 0 radical (unpaired) electrons. The normalized spacial score (nSPS) is 10.5. The molecule has 134 valence electrons. The number of benzene rings is 1. The van der Waals surface area contributed by atoms with Gasteiger partial charge in [0.2, 0.25) is 5.91 Å². The Morgan fingerprint density at radius 2 is 2.04 bits per heavy atom. The van der Waals surface area contributed by atoms with E-state index in [0.29, 0.717) is 11.6 Å². The molecule has 9 heteroatoms. The fraction of sp³-hybridized carbons (Fsp3) is 0.176. The van der Waals surface area contributed by atoms with Crippen LogP contribution >= 0.6 is 23.1 Å². The Morgan fingerprint density at radius 3 is 2.77 bits per heavy atom. The molecule has 3 amide bonds. The standard InChI is InChI=1S/C17H16N4O3S2/c1-10-5-6-12(8-11(10)2)18-16(23)19-14(22)9-26-17-21-20-15(24-17)13-4-3-7-25-13/h3-8H,9H2,1-2H3,(H2,18,19,22,23). The molecule has 2 heterocycles. The molecular weight excluding hydrogens is 372 g/mol. The molecule has 0 saturated carbocycles. The highest BCUT2D eigenvalue weighted by Gasteiger charge is 2.13. The number of amides is 3. The zero-order valence-corrected chi connectivity index (χ0v) is 15.7. The first-order valence-corrected chi connectivity index (χ1v) is 9.56. The summed E-state index contributed by atoms with van der Waals surface area (Å²) in [5.74, 6) is -0.0468. The van der Waals surface area contributed by atoms with Crippen LogP contribution in [0.15, 0.2) is 45.4 Å². The number of imide groups is 1. The van der Waals surface area contributed by atoms with Crippen LogP contribution in [0, 0.1) is 13.8 Å². The monoisotopic (exact) mass is 388 g/mol. The van der Waals surface area contributed by atoms with Crippen LogP contribution in [0.2, 0.25) is 0 Å². The summed E-state index contributed by atoms with van der Waals surface area (Å²) in [6.45, 7) is 3.94. The average Bonchev–Trinajstić information content (AvgIpc) is 3.27. The fourth-order valence-corrected chi connectivity index (χ4v) is 3.25. The summed E-state index contributed by atoms with van der Waals surface area (Å²) in [6, 6.07) is 8.71. The molecule has 0 spiro atoms. The summed E-state index contributed by atoms with van der Waals surface area (Å²) in [6.07, 6.45) is 0. The number of rotatable bonds is 5. The van der Waals surface area contributed by atoms with Crippen LogP contribution < -0.4 is 10.6 Å². The molecule has 1 aromatic carbocycles. The van der Waals surface area contributed by atoms with E-state index in [1.807, 2.05) is 43.5 Å². The largest absolute Gasteiger partial charge is 0.410 e. The first-order chi connectivity index (χ1) is 12.5. The fourth-order valence-electron chi connectivity index (χ4n) is 2.04. The lowest BCUT2D eigenvalue weighted by Gasteiger charge is -2.08. The molecule has 26 heavy (non-hydrogen) atoms. The minimum atomic E-state index is -0.580. The van der Waals surface area contributed by atoms with Gasteiger partial charge in [-0.05, 0) is 48.6 Å². The molecule has 0 unspecified atom stereocenters. The molecule has 0 saturated heterocycles. The van der Waals surface area contributed by atoms with Gasteiger partial charge < -0.3 is 9.73 Å². The van der Waals surface area contributed by atoms with Gasteiger partial charge in [-0.15, -0.1) is 21.5 Å². The van der Waals surface area contributed by atoms with Crippen LogP contribution in [0.5, 0.6) is 0 Å². The minimum Gasteiger partial charge on any atom is -0.410 e. The predicted octanol–water partition coefficient (Wildman–Crippen LogP) is 3.86. The van der Waals surface area contributed by atoms with Crippen molar-refractivity contribution in [1.82, 2.24) is 15.5 Å². The van der Waals surface area contributed by atoms with E-state index in [1.54, 1.807) is 6.07 Å². The van der Waals surface area contributed by atoms with Crippen LogP contribution in [0.3, 0.4) is 0 Å². The lowest BCUT2D eigenvalue weighted by molar-refractivity contribution is -0.117. The zero-order valence-electron chi connectivity index (χ0n) is 14.1. The Balaban J connectivity index is 1.48. The number of thiophene rings is 1. The van der Waals surface area contributed by atoms with Crippen molar-refractivity contribution in [3.8, 4) is 10.8 Å². The van der Waals surface area contributed by atoms with Gasteiger partial charge in [0, 0.05) is 5.69 Å². The number of urea groups is 1. The van der Waals surface area contributed by atoms with E-state index < -0.39 is 11.9 Å². The van der Waals surface area contributed by atoms with E-state index in [-0.39, 0.29) is 11.0 Å². The number of aromatic nitrogens is 2. The van der Waals surface area contributed by atoms with Gasteiger partial charge in [-0.25, -0.2) is 4.79 Å². The van der Waals surface area contributed by atoms with E-state index >= 15 is 0 Å². The second kappa shape index (κ2) is 8.15. The van der Waals surface area contributed by atoms with E-state index in [2.05, 4.69) is 20.8 Å². The van der Waals surface area contributed by atoms with Crippen LogP contribution in [-0.2, 0) is 4.79 Å². The molecule has 0 bridgehead atoms. The summed E-state index contributed by atoms with van der Waals surface area (Å²) in [5, 5.41) is 14.9. The topological polar surface area (TPSA) is 97.1 Å². The van der Waals surface area contributed by atoms with Crippen molar-refractivity contribution < 1.29 is 14.0 Å². The molecule has 3 rings (SSSR count). The summed E-state index contributed by atoms with van der Waals surface area (Å²) >= 11 is 2.56. The first kappa shape index (κ1) is 18.2. The third kappa shape index (κ3) is 4.70. The van der Waals surface area contributed by atoms with Gasteiger partial charge >= 0.3 is 6.03 Å². The van der Waals surface area contributed by atoms with Crippen LogP contribution in [0.4, 0.5) is 10.5 Å². The zero-order chi connectivity index (χ0) is 18.5. The van der Waals surface area contributed by atoms with Gasteiger partial charge in [0.05, 0.1) is 10.6 Å². The van der Waals surface area contributed by atoms with Crippen LogP contribution in [-0.4, -0.2) is 27.9 Å². The highest BCUT2D eigenvalue weighted by Crippen LogP contribution is 2.26. The van der Waals surface area contributed by atoms with E-state index in [1.165, 1.54) is 11.3 Å². The molecule has 0 aliphatic carbocycles. The third-order valence-electron chi connectivity index (χ3n) is 3.48. The van der Waals surface area contributed by atoms with Crippen LogP contribution in [0.1, 0.15) is 11.1 Å². The van der Waals surface area contributed by atoms with Gasteiger partial charge in [0.25, 0.3) is 11.1 Å². The van der Waals surface area contributed by atoms with Crippen molar-refractivity contribution in [2.75, 3.05) is 11.1 Å². The number of nitrogens with one attached hydrogen (secondary N) is 2. The quantitative estimate of drug-likeness (QED) is 0.644. The van der Waals surface area contributed by atoms with Gasteiger partial charge in [0.15, 0.2) is 0 Å². The molecule has 0 fully saturated rings. The van der Waals surface area contributed by atoms with Crippen molar-refractivity contribution in [2.24, 2.45) is 0 Å². The Hall–Kier alpha value is -2.65. The highest BCUT2D eigenvalue weighted by atomic mass is 32.2. The summed E-state index contributed by atoms with van der Waals surface area (Å²) in [7, 11) is 0. The Kier molecular flexibility index (Phi) is 5.69. The number of anilines is 1. The number of aryl methyl sites for hydroxylation is 2. The molecule has 0 atom stereocenters. The van der Waals surface area contributed by atoms with Crippen molar-refractivity contribution in [2.45, 2.75) is 19.1 Å². The van der Waals surface area contributed by atoms with Crippen molar-refractivity contribution in [1.29, 1.82) is 0 Å². The first-order valence-electron chi connectivity index (χ1n) is 7.69. The molecule has 0 aliphatic rings. The van der Waals surface area contributed by atoms with E-state index in [0.717, 1.165) is 27.8 Å². The van der Waals surface area contributed by atoms with Crippen molar-refractivity contribution in [3.63, 3.8) is 0 Å². The molecular formula is C17H16N4O3S2. The number of thioether (sulfide) groups is 1.